The van der Waals surface area contributed by atoms with Gasteiger partial charge in [-0.05, 0) is 39.8 Å². The number of H-pyrrole nitrogens is 1. The molecule has 2 aromatic rings. The van der Waals surface area contributed by atoms with Gasteiger partial charge < -0.3 is 14.7 Å². The smallest absolute Gasteiger partial charge is 0.255 e. The van der Waals surface area contributed by atoms with E-state index in [2.05, 4.69) is 15.3 Å². The fourth-order valence-corrected chi connectivity index (χ4v) is 2.18. The van der Waals surface area contributed by atoms with Crippen molar-refractivity contribution in [3.63, 3.8) is 0 Å². The molecule has 2 N–H and O–H groups in total. The van der Waals surface area contributed by atoms with Crippen molar-refractivity contribution in [3.05, 3.63) is 51.1 Å². The summed E-state index contributed by atoms with van der Waals surface area (Å²) in [5.41, 5.74) is 1.35. The third-order valence-corrected chi connectivity index (χ3v) is 3.08. The molecule has 0 aliphatic carbocycles. The van der Waals surface area contributed by atoms with Crippen molar-refractivity contribution >= 4 is 0 Å². The second kappa shape index (κ2) is 5.40. The first-order valence-electron chi connectivity index (χ1n) is 6.33. The molecule has 0 spiro atoms. The molecule has 0 aliphatic rings. The molecule has 0 amide bonds. The number of hydrogen-bond acceptors (Lipinski definition) is 4. The summed E-state index contributed by atoms with van der Waals surface area (Å²) in [6.07, 6.45) is 0. The third-order valence-electron chi connectivity index (χ3n) is 3.08. The van der Waals surface area contributed by atoms with Gasteiger partial charge in [0.15, 0.2) is 0 Å². The molecule has 1 atom stereocenters. The van der Waals surface area contributed by atoms with Crippen molar-refractivity contribution in [2.24, 2.45) is 0 Å². The van der Waals surface area contributed by atoms with Gasteiger partial charge in [0.1, 0.15) is 17.3 Å². The van der Waals surface area contributed by atoms with Gasteiger partial charge in [-0.15, -0.1) is 0 Å². The number of rotatable bonds is 4. The summed E-state index contributed by atoms with van der Waals surface area (Å²) in [5, 5.41) is 3.28. The Morgan fingerprint density at radius 1 is 1.37 bits per heavy atom. The van der Waals surface area contributed by atoms with E-state index in [1.54, 1.807) is 6.92 Å². The lowest BCUT2D eigenvalue weighted by Crippen LogP contribution is -2.27. The quantitative estimate of drug-likeness (QED) is 0.884. The van der Waals surface area contributed by atoms with E-state index in [-0.39, 0.29) is 11.6 Å². The Morgan fingerprint density at radius 3 is 2.68 bits per heavy atom. The second-order valence-electron chi connectivity index (χ2n) is 4.77. The summed E-state index contributed by atoms with van der Waals surface area (Å²) in [6, 6.07) is 3.77. The molecule has 102 valence electrons. The Hall–Kier alpha value is -1.88. The van der Waals surface area contributed by atoms with Gasteiger partial charge in [-0.25, -0.2) is 4.98 Å². The maximum absolute atomic E-state index is 12.0. The Bertz CT molecular complexity index is 628. The van der Waals surface area contributed by atoms with E-state index in [0.29, 0.717) is 17.9 Å². The van der Waals surface area contributed by atoms with Gasteiger partial charge in [-0.3, -0.25) is 4.79 Å². The molecule has 1 unspecified atom stereocenters. The van der Waals surface area contributed by atoms with Gasteiger partial charge in [0.2, 0.25) is 0 Å². The minimum absolute atomic E-state index is 0.0812. The molecule has 0 fully saturated rings. The second-order valence-corrected chi connectivity index (χ2v) is 4.77. The molecule has 0 aromatic carbocycles. The zero-order valence-corrected chi connectivity index (χ0v) is 11.7. The molecule has 0 aliphatic heterocycles. The van der Waals surface area contributed by atoms with E-state index < -0.39 is 0 Å². The van der Waals surface area contributed by atoms with Crippen molar-refractivity contribution in [1.82, 2.24) is 15.3 Å². The highest BCUT2D eigenvalue weighted by Gasteiger charge is 2.14. The van der Waals surface area contributed by atoms with Gasteiger partial charge >= 0.3 is 0 Å². The molecule has 2 rings (SSSR count). The van der Waals surface area contributed by atoms with Crippen LogP contribution in [0.5, 0.6) is 0 Å². The molecule has 2 heterocycles. The number of furan rings is 1. The van der Waals surface area contributed by atoms with Crippen LogP contribution in [0.4, 0.5) is 0 Å². The maximum atomic E-state index is 12.0. The lowest BCUT2D eigenvalue weighted by molar-refractivity contribution is 0.442. The van der Waals surface area contributed by atoms with E-state index in [9.17, 15) is 4.79 Å². The first kappa shape index (κ1) is 13.5. The van der Waals surface area contributed by atoms with Crippen LogP contribution in [0.15, 0.2) is 21.3 Å². The summed E-state index contributed by atoms with van der Waals surface area (Å²) in [7, 11) is 0. The number of aromatic nitrogens is 2. The minimum atomic E-state index is -0.0828. The lowest BCUT2D eigenvalue weighted by Gasteiger charge is -2.14. The Morgan fingerprint density at radius 2 is 2.11 bits per heavy atom. The van der Waals surface area contributed by atoms with Crippen LogP contribution in [0.2, 0.25) is 0 Å². The molecule has 2 aromatic heterocycles. The van der Waals surface area contributed by atoms with E-state index in [1.165, 1.54) is 0 Å². The Labute approximate surface area is 112 Å². The summed E-state index contributed by atoms with van der Waals surface area (Å²) < 4.78 is 5.49. The number of aromatic amines is 1. The summed E-state index contributed by atoms with van der Waals surface area (Å²) in [5.74, 6) is 2.38. The van der Waals surface area contributed by atoms with Crippen LogP contribution in [-0.4, -0.2) is 9.97 Å². The predicted molar refractivity (Wildman–Crippen MR) is 73.0 cm³/mol. The number of nitrogens with one attached hydrogen (secondary N) is 2. The minimum Gasteiger partial charge on any atom is -0.465 e. The van der Waals surface area contributed by atoms with Crippen molar-refractivity contribution in [2.45, 2.75) is 40.3 Å². The van der Waals surface area contributed by atoms with Crippen LogP contribution in [0.25, 0.3) is 0 Å². The molecule has 0 bridgehead atoms. The van der Waals surface area contributed by atoms with Crippen LogP contribution in [0.1, 0.15) is 41.6 Å². The highest BCUT2D eigenvalue weighted by molar-refractivity contribution is 5.20. The van der Waals surface area contributed by atoms with Gasteiger partial charge in [-0.2, -0.15) is 0 Å². The van der Waals surface area contributed by atoms with E-state index >= 15 is 0 Å². The Balaban J connectivity index is 2.12. The monoisotopic (exact) mass is 261 g/mol. The highest BCUT2D eigenvalue weighted by atomic mass is 16.3. The lowest BCUT2D eigenvalue weighted by atomic mass is 10.1. The summed E-state index contributed by atoms with van der Waals surface area (Å²) in [6.45, 7) is 8.08. The molecule has 0 saturated heterocycles. The first-order chi connectivity index (χ1) is 8.97. The van der Waals surface area contributed by atoms with Crippen molar-refractivity contribution in [2.75, 3.05) is 0 Å². The zero-order valence-electron chi connectivity index (χ0n) is 11.7. The van der Waals surface area contributed by atoms with E-state index in [1.807, 2.05) is 32.9 Å². The molecule has 5 nitrogen and oxygen atoms in total. The summed E-state index contributed by atoms with van der Waals surface area (Å²) in [4.78, 5) is 19.0. The molecular formula is C14H19N3O2. The summed E-state index contributed by atoms with van der Waals surface area (Å²) >= 11 is 0. The fraction of sp³-hybridized carbons (Fsp3) is 0.429. The topological polar surface area (TPSA) is 70.9 Å². The van der Waals surface area contributed by atoms with Crippen LogP contribution in [0, 0.1) is 20.8 Å². The average Bonchev–Trinajstić information content (AvgIpc) is 2.71. The van der Waals surface area contributed by atoms with E-state index in [0.717, 1.165) is 17.2 Å². The molecule has 5 heteroatoms. The Kier molecular flexibility index (Phi) is 3.85. The number of hydrogen-bond donors (Lipinski definition) is 2. The third kappa shape index (κ3) is 3.12. The number of aryl methyl sites for hydroxylation is 3. The van der Waals surface area contributed by atoms with Crippen molar-refractivity contribution in [1.29, 1.82) is 0 Å². The fourth-order valence-electron chi connectivity index (χ4n) is 2.18. The highest BCUT2D eigenvalue weighted by Crippen LogP contribution is 2.13. The van der Waals surface area contributed by atoms with Crippen LogP contribution in [-0.2, 0) is 6.54 Å². The standard InChI is InChI=1S/C14H19N3O2/c1-8-5-6-12(19-8)7-15-9(2)13-10(3)16-11(4)17-14(13)18/h5-6,9,15H,7H2,1-4H3,(H,16,17,18). The predicted octanol–water partition coefficient (Wildman–Crippen LogP) is 2.14. The SMILES string of the molecule is Cc1nc(C)c(C(C)NCc2ccc(C)o2)c(=O)[nH]1. The normalized spacial score (nSPS) is 12.6. The van der Waals surface area contributed by atoms with Crippen LogP contribution in [0.3, 0.4) is 0 Å². The van der Waals surface area contributed by atoms with Gasteiger partial charge in [0.05, 0.1) is 12.1 Å². The molecule has 0 saturated carbocycles. The van der Waals surface area contributed by atoms with Crippen LogP contribution < -0.4 is 10.9 Å². The largest absolute Gasteiger partial charge is 0.465 e. The molecule has 0 radical (unpaired) electrons. The van der Waals surface area contributed by atoms with Crippen LogP contribution >= 0.6 is 0 Å². The van der Waals surface area contributed by atoms with Gasteiger partial charge in [-0.1, -0.05) is 0 Å². The van der Waals surface area contributed by atoms with Gasteiger partial charge in [0.25, 0.3) is 5.56 Å². The van der Waals surface area contributed by atoms with Gasteiger partial charge in [0, 0.05) is 11.7 Å². The maximum Gasteiger partial charge on any atom is 0.255 e. The molecule has 19 heavy (non-hydrogen) atoms. The van der Waals surface area contributed by atoms with Crippen molar-refractivity contribution in [3.8, 4) is 0 Å². The van der Waals surface area contributed by atoms with E-state index in [4.69, 9.17) is 4.42 Å². The zero-order chi connectivity index (χ0) is 14.0. The number of nitrogens with zero attached hydrogens (tertiary/aromatic N) is 1. The first-order valence-corrected chi connectivity index (χ1v) is 6.33. The average molecular weight is 261 g/mol. The molecular weight excluding hydrogens is 242 g/mol. The van der Waals surface area contributed by atoms with Crippen molar-refractivity contribution < 1.29 is 4.42 Å².